The van der Waals surface area contributed by atoms with E-state index in [0.29, 0.717) is 5.25 Å². The van der Waals surface area contributed by atoms with E-state index in [2.05, 4.69) is 46.6 Å². The fourth-order valence-electron chi connectivity index (χ4n) is 2.07. The fraction of sp³-hybridized carbons (Fsp3) is 0.471. The van der Waals surface area contributed by atoms with Gasteiger partial charge in [0, 0.05) is 40.7 Å². The zero-order valence-electron chi connectivity index (χ0n) is 13.0. The summed E-state index contributed by atoms with van der Waals surface area (Å²) in [6.45, 7) is 3.29. The van der Waals surface area contributed by atoms with Gasteiger partial charge >= 0.3 is 0 Å². The molecule has 0 radical (unpaired) electrons. The molecular formula is C17H23ClN2S2. The molecule has 0 fully saturated rings. The number of benzene rings is 1. The van der Waals surface area contributed by atoms with E-state index in [0.717, 1.165) is 23.1 Å². The lowest BCUT2D eigenvalue weighted by Gasteiger charge is -2.17. The molecule has 2 rings (SSSR count). The topological polar surface area (TPSA) is 17.8 Å². The molecule has 0 aliphatic heterocycles. The predicted octanol–water partition coefficient (Wildman–Crippen LogP) is 5.37. The normalized spacial score (nSPS) is 12.5. The van der Waals surface area contributed by atoms with Crippen molar-refractivity contribution < 1.29 is 0 Å². The molecule has 0 amide bonds. The number of aromatic nitrogens is 2. The number of rotatable bonds is 10. The van der Waals surface area contributed by atoms with Gasteiger partial charge in [0.15, 0.2) is 0 Å². The van der Waals surface area contributed by atoms with Crippen molar-refractivity contribution in [1.29, 1.82) is 0 Å². The Labute approximate surface area is 147 Å². The van der Waals surface area contributed by atoms with Crippen molar-refractivity contribution >= 4 is 35.1 Å². The smallest absolute Gasteiger partial charge is 0.0946 e. The summed E-state index contributed by atoms with van der Waals surface area (Å²) in [4.78, 5) is 4.14. The van der Waals surface area contributed by atoms with Crippen molar-refractivity contribution in [2.75, 3.05) is 11.5 Å². The largest absolute Gasteiger partial charge is 0.336 e. The van der Waals surface area contributed by atoms with Gasteiger partial charge in [0.1, 0.15) is 0 Å². The average molecular weight is 355 g/mol. The van der Waals surface area contributed by atoms with E-state index >= 15 is 0 Å². The van der Waals surface area contributed by atoms with Crippen molar-refractivity contribution in [2.24, 2.45) is 0 Å². The number of nitrogens with zero attached hydrogens (tertiary/aromatic N) is 2. The van der Waals surface area contributed by atoms with E-state index in [-0.39, 0.29) is 0 Å². The third-order valence-corrected chi connectivity index (χ3v) is 6.26. The summed E-state index contributed by atoms with van der Waals surface area (Å²) in [5.74, 6) is 3.46. The molecule has 2 aromatic rings. The second-order valence-corrected chi connectivity index (χ2v) is 8.12. The van der Waals surface area contributed by atoms with Crippen LogP contribution in [0.25, 0.3) is 0 Å². The van der Waals surface area contributed by atoms with Crippen molar-refractivity contribution in [3.05, 3.63) is 53.6 Å². The maximum absolute atomic E-state index is 5.93. The van der Waals surface area contributed by atoms with Crippen molar-refractivity contribution in [1.82, 2.24) is 9.55 Å². The van der Waals surface area contributed by atoms with Crippen molar-refractivity contribution in [3.63, 3.8) is 0 Å². The first-order valence-corrected chi connectivity index (χ1v) is 10.3. The Hall–Kier alpha value is -0.580. The van der Waals surface area contributed by atoms with Crippen LogP contribution in [0.5, 0.6) is 0 Å². The molecule has 1 aromatic carbocycles. The zero-order valence-corrected chi connectivity index (χ0v) is 15.3. The third-order valence-electron chi connectivity index (χ3n) is 3.31. The number of thioether (sulfide) groups is 2. The number of halogens is 1. The second kappa shape index (κ2) is 10.2. The summed E-state index contributed by atoms with van der Waals surface area (Å²) in [5, 5.41) is 1.44. The number of hydrogen-bond donors (Lipinski definition) is 0. The van der Waals surface area contributed by atoms with Gasteiger partial charge in [0.05, 0.1) is 6.33 Å². The minimum atomic E-state index is 0.637. The highest BCUT2D eigenvalue weighted by molar-refractivity contribution is 8.03. The number of hydrogen-bond acceptors (Lipinski definition) is 3. The summed E-state index contributed by atoms with van der Waals surface area (Å²) in [5.41, 5.74) is 1.34. The molecule has 1 unspecified atom stereocenters. The van der Waals surface area contributed by atoms with E-state index < -0.39 is 0 Å². The molecule has 0 aliphatic rings. The lowest BCUT2D eigenvalue weighted by atomic mass is 10.2. The molecule has 0 saturated heterocycles. The Bertz CT molecular complexity index is 514. The van der Waals surface area contributed by atoms with E-state index in [1.54, 1.807) is 0 Å². The van der Waals surface area contributed by atoms with Crippen molar-refractivity contribution in [2.45, 2.75) is 37.3 Å². The van der Waals surface area contributed by atoms with Gasteiger partial charge in [-0.15, -0.1) is 0 Å². The molecule has 5 heteroatoms. The maximum atomic E-state index is 5.93. The molecule has 0 saturated carbocycles. The Morgan fingerprint density at radius 3 is 2.77 bits per heavy atom. The Kier molecular flexibility index (Phi) is 8.27. The van der Waals surface area contributed by atoms with Crippen LogP contribution in [0.1, 0.15) is 25.3 Å². The van der Waals surface area contributed by atoms with Crippen molar-refractivity contribution in [3.8, 4) is 0 Å². The summed E-state index contributed by atoms with van der Waals surface area (Å²) in [6, 6.07) is 8.17. The molecule has 1 atom stereocenters. The molecular weight excluding hydrogens is 332 g/mol. The standard InChI is InChI=1S/C17H23ClN2S2/c1-2-3-10-22-17(11-20-9-8-19-14-20)13-21-12-15-4-6-16(18)7-5-15/h4-9,14,17H,2-3,10-13H2,1H3. The third kappa shape index (κ3) is 6.67. The Morgan fingerprint density at radius 1 is 1.27 bits per heavy atom. The van der Waals surface area contributed by atoms with Crippen LogP contribution >= 0.6 is 35.1 Å². The van der Waals surface area contributed by atoms with Gasteiger partial charge in [0.2, 0.25) is 0 Å². The first-order chi connectivity index (χ1) is 10.8. The zero-order chi connectivity index (χ0) is 15.6. The van der Waals surface area contributed by atoms with Crippen LogP contribution < -0.4 is 0 Å². The van der Waals surface area contributed by atoms with Crippen LogP contribution in [0.2, 0.25) is 5.02 Å². The highest BCUT2D eigenvalue weighted by Crippen LogP contribution is 2.23. The van der Waals surface area contributed by atoms with Gasteiger partial charge in [-0.2, -0.15) is 23.5 Å². The summed E-state index contributed by atoms with van der Waals surface area (Å²) >= 11 is 10.0. The Balaban J connectivity index is 1.78. The number of unbranched alkanes of at least 4 members (excludes halogenated alkanes) is 1. The molecule has 0 spiro atoms. The minimum absolute atomic E-state index is 0.637. The van der Waals surface area contributed by atoms with Gasteiger partial charge in [-0.25, -0.2) is 4.98 Å². The van der Waals surface area contributed by atoms with Gasteiger partial charge in [-0.1, -0.05) is 37.1 Å². The lowest BCUT2D eigenvalue weighted by Crippen LogP contribution is -2.15. The fourth-order valence-corrected chi connectivity index (χ4v) is 4.85. The second-order valence-electron chi connectivity index (χ2n) is 5.25. The highest BCUT2D eigenvalue weighted by Gasteiger charge is 2.10. The molecule has 1 heterocycles. The predicted molar refractivity (Wildman–Crippen MR) is 101 cm³/mol. The molecule has 1 aromatic heterocycles. The van der Waals surface area contributed by atoms with E-state index in [1.165, 1.54) is 24.2 Å². The molecule has 0 aliphatic carbocycles. The van der Waals surface area contributed by atoms with E-state index in [4.69, 9.17) is 11.6 Å². The van der Waals surface area contributed by atoms with Crippen LogP contribution in [-0.4, -0.2) is 26.3 Å². The first kappa shape index (κ1) is 17.8. The van der Waals surface area contributed by atoms with Gasteiger partial charge in [-0.05, 0) is 29.9 Å². The maximum Gasteiger partial charge on any atom is 0.0946 e. The van der Waals surface area contributed by atoms with Crippen LogP contribution in [0.15, 0.2) is 43.0 Å². The summed E-state index contributed by atoms with van der Waals surface area (Å²) in [6.07, 6.45) is 8.39. The first-order valence-electron chi connectivity index (χ1n) is 7.67. The van der Waals surface area contributed by atoms with Gasteiger partial charge in [0.25, 0.3) is 0 Å². The highest BCUT2D eigenvalue weighted by atomic mass is 35.5. The number of imidazole rings is 1. The van der Waals surface area contributed by atoms with Crippen LogP contribution in [0.4, 0.5) is 0 Å². The molecule has 120 valence electrons. The molecule has 22 heavy (non-hydrogen) atoms. The Morgan fingerprint density at radius 2 is 2.09 bits per heavy atom. The van der Waals surface area contributed by atoms with Crippen LogP contribution in [-0.2, 0) is 12.3 Å². The average Bonchev–Trinajstić information content (AvgIpc) is 3.02. The molecule has 2 nitrogen and oxygen atoms in total. The van der Waals surface area contributed by atoms with E-state index in [9.17, 15) is 0 Å². The summed E-state index contributed by atoms with van der Waals surface area (Å²) in [7, 11) is 0. The minimum Gasteiger partial charge on any atom is -0.336 e. The summed E-state index contributed by atoms with van der Waals surface area (Å²) < 4.78 is 2.19. The monoisotopic (exact) mass is 354 g/mol. The van der Waals surface area contributed by atoms with Gasteiger partial charge in [-0.3, -0.25) is 0 Å². The van der Waals surface area contributed by atoms with Crippen LogP contribution in [0.3, 0.4) is 0 Å². The quantitative estimate of drug-likeness (QED) is 0.534. The van der Waals surface area contributed by atoms with Gasteiger partial charge < -0.3 is 4.57 Å². The van der Waals surface area contributed by atoms with E-state index in [1.807, 2.05) is 36.4 Å². The van der Waals surface area contributed by atoms with Crippen LogP contribution in [0, 0.1) is 0 Å². The molecule has 0 bridgehead atoms. The molecule has 0 N–H and O–H groups in total. The lowest BCUT2D eigenvalue weighted by molar-refractivity contribution is 0.694. The SMILES string of the molecule is CCCCSC(CSCc1ccc(Cl)cc1)Cn1ccnc1.